The van der Waals surface area contributed by atoms with E-state index in [1.54, 1.807) is 34.4 Å². The van der Waals surface area contributed by atoms with Gasteiger partial charge in [-0.05, 0) is 24.3 Å². The Morgan fingerprint density at radius 2 is 2.12 bits per heavy atom. The summed E-state index contributed by atoms with van der Waals surface area (Å²) < 4.78 is 7.20. The minimum Gasteiger partial charge on any atom is -0.413 e. The van der Waals surface area contributed by atoms with Gasteiger partial charge in [0.05, 0.1) is 22.5 Å². The molecule has 3 heterocycles. The normalized spacial score (nSPS) is 11.0. The van der Waals surface area contributed by atoms with Gasteiger partial charge in [-0.25, -0.2) is 4.98 Å². The Morgan fingerprint density at radius 1 is 1.21 bits per heavy atom. The summed E-state index contributed by atoms with van der Waals surface area (Å²) in [5.74, 6) is -0.272. The van der Waals surface area contributed by atoms with E-state index < -0.39 is 0 Å². The third-order valence-corrected chi connectivity index (χ3v) is 6.41. The summed E-state index contributed by atoms with van der Waals surface area (Å²) in [5.41, 5.74) is 2.78. The first-order valence-corrected chi connectivity index (χ1v) is 9.94. The first-order valence-electron chi connectivity index (χ1n) is 7.05. The standard InChI is InChI=1S/C17H10ClNO2S3/c18-15-5-4-14(24-15)11-2-1-3-13-12(11)6-10(23-13)7-16(20)21-17-8-19-9-22-17/h1-6,8-9H,7H2. The van der Waals surface area contributed by atoms with Crippen LogP contribution in [0, 0.1) is 0 Å². The molecule has 7 heteroatoms. The molecule has 0 bridgehead atoms. The summed E-state index contributed by atoms with van der Waals surface area (Å²) in [7, 11) is 0. The number of benzene rings is 1. The number of esters is 1. The molecule has 0 atom stereocenters. The van der Waals surface area contributed by atoms with Gasteiger partial charge < -0.3 is 4.74 Å². The lowest BCUT2D eigenvalue weighted by molar-refractivity contribution is -0.133. The molecule has 0 aliphatic carbocycles. The summed E-state index contributed by atoms with van der Waals surface area (Å²) in [4.78, 5) is 18.1. The summed E-state index contributed by atoms with van der Waals surface area (Å²) in [6, 6.07) is 12.2. The molecule has 0 N–H and O–H groups in total. The van der Waals surface area contributed by atoms with E-state index in [9.17, 15) is 4.79 Å². The van der Waals surface area contributed by atoms with Gasteiger partial charge in [0.1, 0.15) is 0 Å². The van der Waals surface area contributed by atoms with Crippen molar-refractivity contribution >= 4 is 61.7 Å². The zero-order valence-electron chi connectivity index (χ0n) is 12.2. The van der Waals surface area contributed by atoms with Crippen molar-refractivity contribution in [3.05, 3.63) is 57.3 Å². The van der Waals surface area contributed by atoms with Gasteiger partial charge in [-0.1, -0.05) is 35.1 Å². The lowest BCUT2D eigenvalue weighted by Gasteiger charge is -1.99. The molecule has 0 saturated carbocycles. The largest absolute Gasteiger partial charge is 0.413 e. The maximum atomic E-state index is 12.1. The Morgan fingerprint density at radius 3 is 2.88 bits per heavy atom. The molecule has 0 aliphatic rings. The number of fused-ring (bicyclic) bond motifs is 1. The lowest BCUT2D eigenvalue weighted by Crippen LogP contribution is -2.09. The Hall–Kier alpha value is -1.73. The number of hydrogen-bond donors (Lipinski definition) is 0. The van der Waals surface area contributed by atoms with Crippen LogP contribution in [0.2, 0.25) is 4.34 Å². The molecule has 1 aromatic carbocycles. The number of carbonyl (C=O) groups is 1. The molecule has 0 radical (unpaired) electrons. The van der Waals surface area contributed by atoms with Crippen LogP contribution < -0.4 is 4.74 Å². The fourth-order valence-corrected chi connectivity index (χ4v) is 5.07. The first-order chi connectivity index (χ1) is 11.7. The number of hydrogen-bond acceptors (Lipinski definition) is 6. The van der Waals surface area contributed by atoms with Gasteiger partial charge >= 0.3 is 5.97 Å². The van der Waals surface area contributed by atoms with Gasteiger partial charge in [-0.3, -0.25) is 4.79 Å². The zero-order chi connectivity index (χ0) is 16.5. The minimum absolute atomic E-state index is 0.252. The van der Waals surface area contributed by atoms with Crippen molar-refractivity contribution in [1.82, 2.24) is 4.98 Å². The van der Waals surface area contributed by atoms with Crippen LogP contribution in [-0.2, 0) is 11.2 Å². The quantitative estimate of drug-likeness (QED) is 0.407. The number of thiazole rings is 1. The molecule has 0 spiro atoms. The van der Waals surface area contributed by atoms with Crippen molar-refractivity contribution in [3.8, 4) is 15.5 Å². The van der Waals surface area contributed by atoms with Gasteiger partial charge in [0, 0.05) is 25.4 Å². The van der Waals surface area contributed by atoms with E-state index in [-0.39, 0.29) is 12.4 Å². The van der Waals surface area contributed by atoms with Gasteiger partial charge in [0.2, 0.25) is 5.06 Å². The molecular weight excluding hydrogens is 382 g/mol. The third kappa shape index (κ3) is 3.23. The van der Waals surface area contributed by atoms with E-state index in [4.69, 9.17) is 16.3 Å². The van der Waals surface area contributed by atoms with Crippen molar-refractivity contribution in [2.75, 3.05) is 0 Å². The van der Waals surface area contributed by atoms with Crippen molar-refractivity contribution in [3.63, 3.8) is 0 Å². The molecule has 0 saturated heterocycles. The highest BCUT2D eigenvalue weighted by atomic mass is 35.5. The Labute approximate surface area is 155 Å². The second-order valence-electron chi connectivity index (χ2n) is 5.01. The summed E-state index contributed by atoms with van der Waals surface area (Å²) in [6.07, 6.45) is 1.80. The molecule has 4 aromatic rings. The van der Waals surface area contributed by atoms with E-state index >= 15 is 0 Å². The second-order valence-corrected chi connectivity index (χ2v) is 8.74. The van der Waals surface area contributed by atoms with E-state index in [2.05, 4.69) is 23.2 Å². The van der Waals surface area contributed by atoms with Gasteiger partial charge in [-0.15, -0.1) is 22.7 Å². The molecule has 3 aromatic heterocycles. The van der Waals surface area contributed by atoms with E-state index in [0.717, 1.165) is 29.7 Å². The molecule has 120 valence electrons. The third-order valence-electron chi connectivity index (χ3n) is 3.39. The highest BCUT2D eigenvalue weighted by Crippen LogP contribution is 2.38. The molecule has 0 fully saturated rings. The summed E-state index contributed by atoms with van der Waals surface area (Å²) >= 11 is 10.5. The maximum Gasteiger partial charge on any atom is 0.317 e. The Balaban J connectivity index is 1.62. The first kappa shape index (κ1) is 15.8. The topological polar surface area (TPSA) is 39.2 Å². The Bertz CT molecular complexity index is 1000. The van der Waals surface area contributed by atoms with Gasteiger partial charge in [0.15, 0.2) is 0 Å². The number of nitrogens with zero attached hydrogens (tertiary/aromatic N) is 1. The van der Waals surface area contributed by atoms with Crippen LogP contribution in [-0.4, -0.2) is 11.0 Å². The van der Waals surface area contributed by atoms with E-state index in [1.165, 1.54) is 11.3 Å². The number of halogens is 1. The molecule has 4 rings (SSSR count). The predicted molar refractivity (Wildman–Crippen MR) is 102 cm³/mol. The SMILES string of the molecule is O=C(Cc1cc2c(-c3ccc(Cl)s3)cccc2s1)Oc1cncs1. The lowest BCUT2D eigenvalue weighted by atomic mass is 10.1. The van der Waals surface area contributed by atoms with Gasteiger partial charge in [-0.2, -0.15) is 0 Å². The molecule has 0 unspecified atom stereocenters. The number of aromatic nitrogens is 1. The Kier molecular flexibility index (Phi) is 4.37. The van der Waals surface area contributed by atoms with Crippen molar-refractivity contribution in [1.29, 1.82) is 0 Å². The highest BCUT2D eigenvalue weighted by molar-refractivity contribution is 7.20. The van der Waals surface area contributed by atoms with Crippen LogP contribution in [0.3, 0.4) is 0 Å². The number of ether oxygens (including phenoxy) is 1. The molecule has 0 aliphatic heterocycles. The predicted octanol–water partition coefficient (Wildman–Crippen LogP) is 5.89. The fraction of sp³-hybridized carbons (Fsp3) is 0.0588. The van der Waals surface area contributed by atoms with Crippen LogP contribution in [0.5, 0.6) is 5.06 Å². The van der Waals surface area contributed by atoms with Crippen molar-refractivity contribution < 1.29 is 9.53 Å². The zero-order valence-corrected chi connectivity index (χ0v) is 15.4. The summed E-state index contributed by atoms with van der Waals surface area (Å²) in [5, 5.41) is 1.66. The fourth-order valence-electron chi connectivity index (χ4n) is 2.42. The molecule has 24 heavy (non-hydrogen) atoms. The van der Waals surface area contributed by atoms with Gasteiger partial charge in [0.25, 0.3) is 0 Å². The number of thiophene rings is 2. The van der Waals surface area contributed by atoms with Crippen LogP contribution in [0.15, 0.2) is 48.1 Å². The second kappa shape index (κ2) is 6.64. The van der Waals surface area contributed by atoms with Crippen molar-refractivity contribution in [2.24, 2.45) is 0 Å². The van der Waals surface area contributed by atoms with Crippen molar-refractivity contribution in [2.45, 2.75) is 6.42 Å². The number of carbonyl (C=O) groups excluding carboxylic acids is 1. The van der Waals surface area contributed by atoms with E-state index in [1.807, 2.05) is 18.2 Å². The molecule has 0 amide bonds. The maximum absolute atomic E-state index is 12.1. The average Bonchev–Trinajstić information content (AvgIpc) is 3.27. The van der Waals surface area contributed by atoms with Crippen LogP contribution in [0.1, 0.15) is 4.88 Å². The van der Waals surface area contributed by atoms with E-state index in [0.29, 0.717) is 5.06 Å². The molecular formula is C17H10ClNO2S3. The van der Waals surface area contributed by atoms with Crippen LogP contribution in [0.25, 0.3) is 20.5 Å². The molecule has 3 nitrogen and oxygen atoms in total. The van der Waals surface area contributed by atoms with Crippen LogP contribution >= 0.6 is 45.6 Å². The minimum atomic E-state index is -0.272. The average molecular weight is 392 g/mol. The summed E-state index contributed by atoms with van der Waals surface area (Å²) in [6.45, 7) is 0. The highest BCUT2D eigenvalue weighted by Gasteiger charge is 2.13. The monoisotopic (exact) mass is 391 g/mol. The smallest absolute Gasteiger partial charge is 0.317 e. The van der Waals surface area contributed by atoms with Crippen LogP contribution in [0.4, 0.5) is 0 Å². The number of rotatable bonds is 4.